The molecule has 0 unspecified atom stereocenters. The predicted octanol–water partition coefficient (Wildman–Crippen LogP) is 2.23. The summed E-state index contributed by atoms with van der Waals surface area (Å²) in [6.45, 7) is 0. The van der Waals surface area contributed by atoms with Crippen LogP contribution in [0.4, 0.5) is 4.39 Å². The van der Waals surface area contributed by atoms with Crippen LogP contribution < -0.4 is 15.6 Å². The largest absolute Gasteiger partial charge is 0.497 e. The molecule has 1 aromatic heterocycles. The van der Waals surface area contributed by atoms with Crippen LogP contribution in [-0.2, 0) is 11.2 Å². The number of halogens is 1. The second-order valence-electron chi connectivity index (χ2n) is 5.67. The molecular formula is C19H17FN4O3. The van der Waals surface area contributed by atoms with Gasteiger partial charge in [0.15, 0.2) is 0 Å². The maximum Gasteiger partial charge on any atom is 0.287 e. The van der Waals surface area contributed by atoms with Crippen molar-refractivity contribution in [3.63, 3.8) is 0 Å². The van der Waals surface area contributed by atoms with Gasteiger partial charge in [-0.25, -0.2) is 4.39 Å². The van der Waals surface area contributed by atoms with Gasteiger partial charge < -0.3 is 4.74 Å². The average molecular weight is 368 g/mol. The van der Waals surface area contributed by atoms with Gasteiger partial charge in [0.2, 0.25) is 5.91 Å². The molecule has 0 aliphatic heterocycles. The topological polar surface area (TPSA) is 96.1 Å². The van der Waals surface area contributed by atoms with Crippen LogP contribution in [0, 0.1) is 5.82 Å². The van der Waals surface area contributed by atoms with Crippen molar-refractivity contribution in [3.05, 3.63) is 71.7 Å². The Morgan fingerprint density at radius 1 is 1.11 bits per heavy atom. The molecule has 0 bridgehead atoms. The van der Waals surface area contributed by atoms with Gasteiger partial charge in [0, 0.05) is 5.56 Å². The minimum atomic E-state index is -0.566. The summed E-state index contributed by atoms with van der Waals surface area (Å²) in [7, 11) is 1.58. The molecule has 2 amide bonds. The van der Waals surface area contributed by atoms with Crippen LogP contribution >= 0.6 is 0 Å². The number of benzene rings is 2. The highest BCUT2D eigenvalue weighted by Crippen LogP contribution is 2.21. The van der Waals surface area contributed by atoms with Gasteiger partial charge >= 0.3 is 0 Å². The first-order chi connectivity index (χ1) is 13.1. The molecule has 0 radical (unpaired) electrons. The van der Waals surface area contributed by atoms with Crippen molar-refractivity contribution >= 4 is 11.8 Å². The van der Waals surface area contributed by atoms with Crippen molar-refractivity contribution in [2.45, 2.75) is 6.42 Å². The lowest BCUT2D eigenvalue weighted by Gasteiger charge is -2.06. The van der Waals surface area contributed by atoms with Crippen molar-refractivity contribution in [1.82, 2.24) is 21.0 Å². The Morgan fingerprint density at radius 2 is 1.85 bits per heavy atom. The van der Waals surface area contributed by atoms with Crippen LogP contribution in [-0.4, -0.2) is 29.1 Å². The smallest absolute Gasteiger partial charge is 0.287 e. The van der Waals surface area contributed by atoms with Crippen molar-refractivity contribution in [1.29, 1.82) is 0 Å². The highest BCUT2D eigenvalue weighted by molar-refractivity contribution is 5.94. The van der Waals surface area contributed by atoms with Gasteiger partial charge in [-0.05, 0) is 42.0 Å². The summed E-state index contributed by atoms with van der Waals surface area (Å²) in [4.78, 5) is 24.0. The van der Waals surface area contributed by atoms with Crippen LogP contribution in [0.2, 0.25) is 0 Å². The maximum absolute atomic E-state index is 13.5. The molecule has 0 saturated heterocycles. The first kappa shape index (κ1) is 18.1. The lowest BCUT2D eigenvalue weighted by atomic mass is 10.1. The molecule has 3 aromatic rings. The number of rotatable bonds is 5. The van der Waals surface area contributed by atoms with E-state index in [-0.39, 0.29) is 17.7 Å². The number of aromatic amines is 1. The number of methoxy groups -OCH3 is 1. The molecule has 0 aliphatic carbocycles. The van der Waals surface area contributed by atoms with Crippen LogP contribution in [0.1, 0.15) is 16.1 Å². The van der Waals surface area contributed by atoms with E-state index >= 15 is 0 Å². The van der Waals surface area contributed by atoms with E-state index in [9.17, 15) is 14.0 Å². The van der Waals surface area contributed by atoms with Gasteiger partial charge in [0.25, 0.3) is 5.91 Å². The van der Waals surface area contributed by atoms with E-state index in [4.69, 9.17) is 4.74 Å². The Balaban J connectivity index is 1.57. The fourth-order valence-electron chi connectivity index (χ4n) is 2.40. The van der Waals surface area contributed by atoms with Crippen molar-refractivity contribution in [2.24, 2.45) is 0 Å². The Labute approximate surface area is 154 Å². The molecule has 3 rings (SSSR count). The summed E-state index contributed by atoms with van der Waals surface area (Å²) in [5.74, 6) is -0.867. The SMILES string of the molecule is COc1ccc(-c2cc(C(=O)NNC(=O)Cc3ccccc3F)[nH]n2)cc1. The number of H-pyrrole nitrogens is 1. The number of carbonyl (C=O) groups is 2. The van der Waals surface area contributed by atoms with E-state index in [1.807, 2.05) is 12.1 Å². The highest BCUT2D eigenvalue weighted by atomic mass is 19.1. The Kier molecular flexibility index (Phi) is 5.46. The van der Waals surface area contributed by atoms with E-state index < -0.39 is 17.6 Å². The fraction of sp³-hybridized carbons (Fsp3) is 0.105. The quantitative estimate of drug-likeness (QED) is 0.602. The summed E-state index contributed by atoms with van der Waals surface area (Å²) < 4.78 is 18.6. The summed E-state index contributed by atoms with van der Waals surface area (Å²) >= 11 is 0. The van der Waals surface area contributed by atoms with E-state index in [0.29, 0.717) is 11.4 Å². The summed E-state index contributed by atoms with van der Waals surface area (Å²) in [6.07, 6.45) is -0.187. The molecule has 138 valence electrons. The summed E-state index contributed by atoms with van der Waals surface area (Å²) in [5.41, 5.74) is 6.31. The van der Waals surface area contributed by atoms with Gasteiger partial charge in [-0.15, -0.1) is 0 Å². The fourth-order valence-corrected chi connectivity index (χ4v) is 2.40. The number of hydrazine groups is 1. The molecule has 0 atom stereocenters. The van der Waals surface area contributed by atoms with Crippen LogP contribution in [0.5, 0.6) is 5.75 Å². The predicted molar refractivity (Wildman–Crippen MR) is 96.3 cm³/mol. The monoisotopic (exact) mass is 368 g/mol. The Bertz CT molecular complexity index is 954. The summed E-state index contributed by atoms with van der Waals surface area (Å²) in [5, 5.41) is 6.69. The van der Waals surface area contributed by atoms with E-state index in [1.165, 1.54) is 18.2 Å². The van der Waals surface area contributed by atoms with Gasteiger partial charge in [0.1, 0.15) is 17.3 Å². The number of hydrogen-bond acceptors (Lipinski definition) is 4. The molecule has 7 nitrogen and oxygen atoms in total. The second kappa shape index (κ2) is 8.13. The highest BCUT2D eigenvalue weighted by Gasteiger charge is 2.13. The molecule has 0 spiro atoms. The van der Waals surface area contributed by atoms with Crippen LogP contribution in [0.15, 0.2) is 54.6 Å². The minimum absolute atomic E-state index is 0.173. The van der Waals surface area contributed by atoms with Crippen molar-refractivity contribution in [3.8, 4) is 17.0 Å². The molecule has 0 fully saturated rings. The normalized spacial score (nSPS) is 10.3. The number of amides is 2. The second-order valence-corrected chi connectivity index (χ2v) is 5.67. The molecule has 0 aliphatic rings. The molecule has 3 N–H and O–H groups in total. The Hall–Kier alpha value is -3.68. The van der Waals surface area contributed by atoms with E-state index in [2.05, 4.69) is 21.0 Å². The standard InChI is InChI=1S/C19H17FN4O3/c1-27-14-8-6-12(7-9-14)16-11-17(22-21-16)19(26)24-23-18(25)10-13-4-2-3-5-15(13)20/h2-9,11H,10H2,1H3,(H,21,22)(H,23,25)(H,24,26). The maximum atomic E-state index is 13.5. The molecule has 1 heterocycles. The lowest BCUT2D eigenvalue weighted by Crippen LogP contribution is -2.42. The first-order valence-corrected chi connectivity index (χ1v) is 8.09. The number of carbonyl (C=O) groups excluding carboxylic acids is 2. The number of hydrogen-bond donors (Lipinski definition) is 3. The van der Waals surface area contributed by atoms with Crippen LogP contribution in [0.3, 0.4) is 0 Å². The third-order valence-corrected chi connectivity index (χ3v) is 3.83. The van der Waals surface area contributed by atoms with Gasteiger partial charge in [0.05, 0.1) is 19.2 Å². The van der Waals surface area contributed by atoms with Crippen molar-refractivity contribution in [2.75, 3.05) is 7.11 Å². The lowest BCUT2D eigenvalue weighted by molar-refractivity contribution is -0.121. The van der Waals surface area contributed by atoms with E-state index in [1.54, 1.807) is 31.4 Å². The minimum Gasteiger partial charge on any atom is -0.497 e. The Morgan fingerprint density at radius 3 is 2.56 bits per heavy atom. The van der Waals surface area contributed by atoms with Gasteiger partial charge in [-0.1, -0.05) is 18.2 Å². The molecular weight excluding hydrogens is 351 g/mol. The third-order valence-electron chi connectivity index (χ3n) is 3.83. The zero-order valence-electron chi connectivity index (χ0n) is 14.5. The molecule has 27 heavy (non-hydrogen) atoms. The van der Waals surface area contributed by atoms with E-state index in [0.717, 1.165) is 5.56 Å². The zero-order chi connectivity index (χ0) is 19.2. The number of nitrogens with one attached hydrogen (secondary N) is 3. The van der Waals surface area contributed by atoms with Gasteiger partial charge in [-0.3, -0.25) is 25.5 Å². The average Bonchev–Trinajstić information content (AvgIpc) is 3.18. The number of nitrogens with zero attached hydrogens (tertiary/aromatic N) is 1. The zero-order valence-corrected chi connectivity index (χ0v) is 14.5. The van der Waals surface area contributed by atoms with Crippen molar-refractivity contribution < 1.29 is 18.7 Å². The number of ether oxygens (including phenoxy) is 1. The molecule has 0 saturated carbocycles. The number of aromatic nitrogens is 2. The third kappa shape index (κ3) is 4.49. The van der Waals surface area contributed by atoms with Crippen LogP contribution in [0.25, 0.3) is 11.3 Å². The summed E-state index contributed by atoms with van der Waals surface area (Å²) in [6, 6.07) is 14.7. The first-order valence-electron chi connectivity index (χ1n) is 8.09. The van der Waals surface area contributed by atoms with Gasteiger partial charge in [-0.2, -0.15) is 5.10 Å². The molecule has 2 aromatic carbocycles. The molecule has 8 heteroatoms.